The third-order valence-electron chi connectivity index (χ3n) is 3.65. The van der Waals surface area contributed by atoms with Gasteiger partial charge in [-0.25, -0.2) is 4.79 Å². The monoisotopic (exact) mass is 321 g/mol. The molecule has 0 unspecified atom stereocenters. The van der Waals surface area contributed by atoms with Crippen LogP contribution in [0, 0.1) is 19.8 Å². The fourth-order valence-corrected chi connectivity index (χ4v) is 2.19. The Bertz CT molecular complexity index is 540. The first-order valence-electron chi connectivity index (χ1n) is 8.03. The van der Waals surface area contributed by atoms with Gasteiger partial charge in [0.15, 0.2) is 0 Å². The highest BCUT2D eigenvalue weighted by Crippen LogP contribution is 2.19. The largest absolute Gasteiger partial charge is 0.493 e. The van der Waals surface area contributed by atoms with Crippen LogP contribution >= 0.6 is 0 Å². The highest BCUT2D eigenvalue weighted by atomic mass is 16.5. The van der Waals surface area contributed by atoms with E-state index in [0.29, 0.717) is 19.4 Å². The van der Waals surface area contributed by atoms with Crippen LogP contribution in [0.25, 0.3) is 0 Å². The molecule has 0 saturated heterocycles. The van der Waals surface area contributed by atoms with Crippen molar-refractivity contribution in [2.24, 2.45) is 5.92 Å². The van der Waals surface area contributed by atoms with E-state index in [1.54, 1.807) is 13.8 Å². The summed E-state index contributed by atoms with van der Waals surface area (Å²) in [5.41, 5.74) is 2.24. The van der Waals surface area contributed by atoms with Crippen molar-refractivity contribution in [1.29, 1.82) is 0 Å². The van der Waals surface area contributed by atoms with Crippen LogP contribution in [0.2, 0.25) is 0 Å². The highest BCUT2D eigenvalue weighted by Gasteiger charge is 2.22. The number of aryl methyl sites for hydroxylation is 2. The summed E-state index contributed by atoms with van der Waals surface area (Å²) in [6.45, 7) is 8.11. The molecule has 1 rings (SSSR count). The summed E-state index contributed by atoms with van der Waals surface area (Å²) in [4.78, 5) is 22.8. The number of amides is 1. The SMILES string of the molecule is Cc1ccc(C)c(OCCCCC(=O)N[C@H](C(=O)O)C(C)C)c1. The molecule has 23 heavy (non-hydrogen) atoms. The van der Waals surface area contributed by atoms with Gasteiger partial charge in [-0.2, -0.15) is 0 Å². The zero-order valence-electron chi connectivity index (χ0n) is 14.4. The predicted octanol–water partition coefficient (Wildman–Crippen LogP) is 3.08. The van der Waals surface area contributed by atoms with Gasteiger partial charge in [0.2, 0.25) is 5.91 Å². The van der Waals surface area contributed by atoms with Crippen molar-refractivity contribution in [3.05, 3.63) is 29.3 Å². The number of carbonyl (C=O) groups is 2. The van der Waals surface area contributed by atoms with Gasteiger partial charge in [-0.1, -0.05) is 26.0 Å². The predicted molar refractivity (Wildman–Crippen MR) is 89.7 cm³/mol. The second kappa shape index (κ2) is 9.18. The molecular formula is C18H27NO4. The van der Waals surface area contributed by atoms with E-state index >= 15 is 0 Å². The summed E-state index contributed by atoms with van der Waals surface area (Å²) >= 11 is 0. The van der Waals surface area contributed by atoms with Crippen LogP contribution in [0.15, 0.2) is 18.2 Å². The van der Waals surface area contributed by atoms with Gasteiger partial charge in [0.05, 0.1) is 6.61 Å². The first-order chi connectivity index (χ1) is 10.8. The Labute approximate surface area is 138 Å². The van der Waals surface area contributed by atoms with Gasteiger partial charge < -0.3 is 15.2 Å². The molecule has 0 aromatic heterocycles. The van der Waals surface area contributed by atoms with Crippen LogP contribution in [-0.2, 0) is 9.59 Å². The van der Waals surface area contributed by atoms with Crippen LogP contribution in [0.1, 0.15) is 44.2 Å². The van der Waals surface area contributed by atoms with Crippen molar-refractivity contribution in [2.75, 3.05) is 6.61 Å². The minimum Gasteiger partial charge on any atom is -0.493 e. The average Bonchev–Trinajstić information content (AvgIpc) is 2.47. The summed E-state index contributed by atoms with van der Waals surface area (Å²) in [5, 5.41) is 11.6. The topological polar surface area (TPSA) is 75.6 Å². The third-order valence-corrected chi connectivity index (χ3v) is 3.65. The Morgan fingerprint density at radius 1 is 1.22 bits per heavy atom. The van der Waals surface area contributed by atoms with E-state index in [9.17, 15) is 9.59 Å². The average molecular weight is 321 g/mol. The molecule has 0 bridgehead atoms. The summed E-state index contributed by atoms with van der Waals surface area (Å²) < 4.78 is 5.73. The molecule has 0 saturated carbocycles. The Kier molecular flexibility index (Phi) is 7.59. The van der Waals surface area contributed by atoms with Gasteiger partial charge in [0.25, 0.3) is 0 Å². The maximum Gasteiger partial charge on any atom is 0.326 e. The van der Waals surface area contributed by atoms with E-state index in [2.05, 4.69) is 5.32 Å². The first kappa shape index (κ1) is 19.0. The molecule has 5 nitrogen and oxygen atoms in total. The molecule has 1 aromatic rings. The van der Waals surface area contributed by atoms with Gasteiger partial charge in [-0.15, -0.1) is 0 Å². The lowest BCUT2D eigenvalue weighted by atomic mass is 10.0. The van der Waals surface area contributed by atoms with E-state index in [-0.39, 0.29) is 11.8 Å². The third kappa shape index (κ3) is 6.72. The van der Waals surface area contributed by atoms with E-state index in [1.807, 2.05) is 32.0 Å². The van der Waals surface area contributed by atoms with Gasteiger partial charge in [-0.05, 0) is 49.8 Å². The van der Waals surface area contributed by atoms with Crippen LogP contribution < -0.4 is 10.1 Å². The molecule has 0 radical (unpaired) electrons. The molecule has 0 aliphatic carbocycles. The number of hydrogen-bond acceptors (Lipinski definition) is 3. The van der Waals surface area contributed by atoms with Crippen LogP contribution in [0.5, 0.6) is 5.75 Å². The maximum absolute atomic E-state index is 11.8. The lowest BCUT2D eigenvalue weighted by Crippen LogP contribution is -2.44. The lowest BCUT2D eigenvalue weighted by Gasteiger charge is -2.17. The molecule has 0 fully saturated rings. The molecular weight excluding hydrogens is 294 g/mol. The molecule has 5 heteroatoms. The highest BCUT2D eigenvalue weighted by molar-refractivity contribution is 5.83. The minimum atomic E-state index is -0.994. The lowest BCUT2D eigenvalue weighted by molar-refractivity contribution is -0.143. The number of ether oxygens (including phenoxy) is 1. The molecule has 0 aliphatic heterocycles. The van der Waals surface area contributed by atoms with E-state index in [1.165, 1.54) is 0 Å². The quantitative estimate of drug-likeness (QED) is 0.685. The number of nitrogens with one attached hydrogen (secondary N) is 1. The van der Waals surface area contributed by atoms with Crippen molar-refractivity contribution < 1.29 is 19.4 Å². The summed E-state index contributed by atoms with van der Waals surface area (Å²) in [7, 11) is 0. The van der Waals surface area contributed by atoms with Crippen molar-refractivity contribution >= 4 is 11.9 Å². The normalized spacial score (nSPS) is 12.0. The zero-order chi connectivity index (χ0) is 17.4. The van der Waals surface area contributed by atoms with Crippen molar-refractivity contribution in [1.82, 2.24) is 5.32 Å². The van der Waals surface area contributed by atoms with Gasteiger partial charge >= 0.3 is 5.97 Å². The van der Waals surface area contributed by atoms with E-state index < -0.39 is 12.0 Å². The van der Waals surface area contributed by atoms with E-state index in [0.717, 1.165) is 23.3 Å². The van der Waals surface area contributed by atoms with Crippen molar-refractivity contribution in [3.63, 3.8) is 0 Å². The molecule has 0 spiro atoms. The molecule has 128 valence electrons. The summed E-state index contributed by atoms with van der Waals surface area (Å²) in [5.74, 6) is -0.478. The Morgan fingerprint density at radius 3 is 2.52 bits per heavy atom. The number of benzene rings is 1. The summed E-state index contributed by atoms with van der Waals surface area (Å²) in [6, 6.07) is 5.24. The van der Waals surface area contributed by atoms with Crippen molar-refractivity contribution in [2.45, 2.75) is 53.0 Å². The van der Waals surface area contributed by atoms with Gasteiger partial charge in [0, 0.05) is 6.42 Å². The van der Waals surface area contributed by atoms with Crippen molar-refractivity contribution in [3.8, 4) is 5.75 Å². The maximum atomic E-state index is 11.8. The number of carbonyl (C=O) groups excluding carboxylic acids is 1. The number of carboxylic acids is 1. The van der Waals surface area contributed by atoms with Gasteiger partial charge in [0.1, 0.15) is 11.8 Å². The molecule has 1 amide bonds. The second-order valence-electron chi connectivity index (χ2n) is 6.20. The van der Waals surface area contributed by atoms with Gasteiger partial charge in [-0.3, -0.25) is 4.79 Å². The molecule has 0 aliphatic rings. The van der Waals surface area contributed by atoms with E-state index in [4.69, 9.17) is 9.84 Å². The Balaban J connectivity index is 2.28. The number of unbranched alkanes of at least 4 members (excludes halogenated alkanes) is 1. The molecule has 2 N–H and O–H groups in total. The zero-order valence-corrected chi connectivity index (χ0v) is 14.4. The Hall–Kier alpha value is -2.04. The standard InChI is InChI=1S/C18H27NO4/c1-12(2)17(18(21)22)19-16(20)7-5-6-10-23-15-11-13(3)8-9-14(15)4/h8-9,11-12,17H,5-7,10H2,1-4H3,(H,19,20)(H,21,22)/t17-/m0/s1. The molecule has 1 aromatic carbocycles. The summed E-state index contributed by atoms with van der Waals surface area (Å²) in [6.07, 6.45) is 1.73. The van der Waals surface area contributed by atoms with Crippen LogP contribution in [0.3, 0.4) is 0 Å². The number of carboxylic acid groups (broad SMARTS) is 1. The smallest absolute Gasteiger partial charge is 0.326 e. The molecule has 0 heterocycles. The number of rotatable bonds is 9. The van der Waals surface area contributed by atoms with Crippen LogP contribution in [0.4, 0.5) is 0 Å². The fourth-order valence-electron chi connectivity index (χ4n) is 2.19. The first-order valence-corrected chi connectivity index (χ1v) is 8.03. The Morgan fingerprint density at radius 2 is 1.91 bits per heavy atom. The molecule has 1 atom stereocenters. The second-order valence-corrected chi connectivity index (χ2v) is 6.20. The number of aliphatic carboxylic acids is 1. The number of hydrogen-bond donors (Lipinski definition) is 2. The minimum absolute atomic E-state index is 0.135. The van der Waals surface area contributed by atoms with Crippen LogP contribution in [-0.4, -0.2) is 29.6 Å². The fraction of sp³-hybridized carbons (Fsp3) is 0.556.